The Hall–Kier alpha value is -5.40. The van der Waals surface area contributed by atoms with E-state index in [1.807, 2.05) is 0 Å². The van der Waals surface area contributed by atoms with Gasteiger partial charge in [-0.05, 0) is 12.1 Å². The fraction of sp³-hybridized carbons (Fsp3) is 0.333. The van der Waals surface area contributed by atoms with Gasteiger partial charge >= 0.3 is 35.8 Å². The van der Waals surface area contributed by atoms with Gasteiger partial charge in [0.1, 0.15) is 17.4 Å². The zero-order valence-electron chi connectivity index (χ0n) is 25.2. The van der Waals surface area contributed by atoms with Crippen molar-refractivity contribution in [2.75, 3.05) is 28.4 Å². The maximum absolute atomic E-state index is 13.5. The molecule has 0 bridgehead atoms. The summed E-state index contributed by atoms with van der Waals surface area (Å²) in [5.74, 6) is -8.77. The van der Waals surface area contributed by atoms with Crippen LogP contribution < -0.4 is 28.4 Å². The van der Waals surface area contributed by atoms with Crippen molar-refractivity contribution in [2.45, 2.75) is 33.6 Å². The summed E-state index contributed by atoms with van der Waals surface area (Å²) in [4.78, 5) is 75.0. The summed E-state index contributed by atoms with van der Waals surface area (Å²) in [5, 5.41) is 0. The minimum atomic E-state index is -1.51. The van der Waals surface area contributed by atoms with E-state index < -0.39 is 47.7 Å². The molecule has 2 atom stereocenters. The molecule has 0 spiro atoms. The highest BCUT2D eigenvalue weighted by atomic mass is 16.6. The molecule has 0 fully saturated rings. The van der Waals surface area contributed by atoms with Crippen LogP contribution in [-0.2, 0) is 38.2 Å². The van der Waals surface area contributed by atoms with Gasteiger partial charge in [0, 0.05) is 62.4 Å². The minimum Gasteiger partial charge on any atom is -0.496 e. The van der Waals surface area contributed by atoms with Crippen molar-refractivity contribution in [2.24, 2.45) is 5.92 Å². The molecule has 0 saturated heterocycles. The molecule has 0 heterocycles. The van der Waals surface area contributed by atoms with Crippen LogP contribution in [0.2, 0.25) is 0 Å². The Morgan fingerprint density at radius 3 is 1.57 bits per heavy atom. The normalized spacial score (nSPS) is 15.0. The molecule has 14 nitrogen and oxygen atoms in total. The number of carbonyl (C=O) groups excluding carboxylic acids is 6. The summed E-state index contributed by atoms with van der Waals surface area (Å²) < 4.78 is 42.7. The SMILES string of the molecule is COC(=O)C1=Cc2c(OC)cc(OC(C)=O)c(OC(C)=O)c2[C@@H](c2cc(OC(C)=O)c(OC(C)=O)cc2OC)[C@@H]1C(=O)OC. The van der Waals surface area contributed by atoms with Gasteiger partial charge in [0.25, 0.3) is 0 Å². The Labute approximate surface area is 251 Å². The molecule has 44 heavy (non-hydrogen) atoms. The number of rotatable bonds is 9. The number of benzene rings is 2. The van der Waals surface area contributed by atoms with E-state index in [2.05, 4.69) is 0 Å². The quantitative estimate of drug-likeness (QED) is 0.297. The third-order valence-electron chi connectivity index (χ3n) is 6.30. The van der Waals surface area contributed by atoms with Gasteiger partial charge in [-0.3, -0.25) is 24.0 Å². The summed E-state index contributed by atoms with van der Waals surface area (Å²) in [6, 6.07) is 3.76. The Kier molecular flexibility index (Phi) is 10.3. The topological polar surface area (TPSA) is 176 Å². The van der Waals surface area contributed by atoms with Crippen molar-refractivity contribution in [1.82, 2.24) is 0 Å². The van der Waals surface area contributed by atoms with Gasteiger partial charge in [-0.1, -0.05) is 0 Å². The molecule has 0 amide bonds. The summed E-state index contributed by atoms with van der Waals surface area (Å²) >= 11 is 0. The Bertz CT molecular complexity index is 1570. The van der Waals surface area contributed by atoms with E-state index in [9.17, 15) is 28.8 Å². The van der Waals surface area contributed by atoms with Crippen molar-refractivity contribution in [3.8, 4) is 34.5 Å². The number of carbonyl (C=O) groups is 6. The van der Waals surface area contributed by atoms with Crippen LogP contribution in [-0.4, -0.2) is 64.3 Å². The lowest BCUT2D eigenvalue weighted by atomic mass is 9.70. The lowest BCUT2D eigenvalue weighted by molar-refractivity contribution is -0.148. The molecule has 2 aromatic rings. The molecule has 0 saturated carbocycles. The van der Waals surface area contributed by atoms with Crippen LogP contribution in [0.1, 0.15) is 50.3 Å². The second-order valence-corrected chi connectivity index (χ2v) is 9.22. The van der Waals surface area contributed by atoms with E-state index in [1.54, 1.807) is 0 Å². The van der Waals surface area contributed by atoms with E-state index in [-0.39, 0.29) is 56.8 Å². The number of methoxy groups -OCH3 is 4. The smallest absolute Gasteiger partial charge is 0.334 e. The molecule has 1 aliphatic rings. The van der Waals surface area contributed by atoms with Crippen LogP contribution >= 0.6 is 0 Å². The zero-order valence-corrected chi connectivity index (χ0v) is 25.2. The summed E-state index contributed by atoms with van der Waals surface area (Å²) in [7, 11) is 4.79. The first-order chi connectivity index (χ1) is 20.8. The fourth-order valence-corrected chi connectivity index (χ4v) is 4.82. The number of fused-ring (bicyclic) bond motifs is 1. The van der Waals surface area contributed by atoms with E-state index in [0.717, 1.165) is 41.9 Å². The average Bonchev–Trinajstić information content (AvgIpc) is 2.95. The molecule has 0 aromatic heterocycles. The standard InChI is InChI=1S/C30H30O14/c1-13(31)41-22-10-18(20(37-5)11-23(22)42-14(2)32)25-26-17(9-19(29(35)39-7)27(25)30(36)40-8)21(38-6)12-24(43-15(3)33)28(26)44-16(4)34/h9-12,25,27H,1-8H3/t25-,27-/m1/s1. The molecule has 0 N–H and O–H groups in total. The fourth-order valence-electron chi connectivity index (χ4n) is 4.82. The molecule has 3 rings (SSSR count). The number of ether oxygens (including phenoxy) is 8. The second kappa shape index (κ2) is 13.7. The van der Waals surface area contributed by atoms with E-state index >= 15 is 0 Å². The molecule has 0 aliphatic heterocycles. The van der Waals surface area contributed by atoms with Gasteiger partial charge in [0.2, 0.25) is 0 Å². The Balaban J connectivity index is 2.64. The van der Waals surface area contributed by atoms with E-state index in [1.165, 1.54) is 38.5 Å². The molecule has 0 radical (unpaired) electrons. The van der Waals surface area contributed by atoms with Crippen LogP contribution in [0, 0.1) is 5.92 Å². The predicted octanol–water partition coefficient (Wildman–Crippen LogP) is 2.90. The van der Waals surface area contributed by atoms with E-state index in [4.69, 9.17) is 37.9 Å². The van der Waals surface area contributed by atoms with Crippen molar-refractivity contribution < 1.29 is 66.7 Å². The summed E-state index contributed by atoms with van der Waals surface area (Å²) in [6.07, 6.45) is 1.30. The Morgan fingerprint density at radius 2 is 1.09 bits per heavy atom. The van der Waals surface area contributed by atoms with Crippen LogP contribution in [0.25, 0.3) is 6.08 Å². The van der Waals surface area contributed by atoms with Crippen LogP contribution in [0.3, 0.4) is 0 Å². The van der Waals surface area contributed by atoms with Crippen molar-refractivity contribution in [3.05, 3.63) is 40.5 Å². The molecule has 1 aliphatic carbocycles. The number of hydrogen-bond donors (Lipinski definition) is 0. The second-order valence-electron chi connectivity index (χ2n) is 9.22. The first-order valence-electron chi connectivity index (χ1n) is 12.9. The van der Waals surface area contributed by atoms with Gasteiger partial charge in [0.05, 0.1) is 34.0 Å². The monoisotopic (exact) mass is 614 g/mol. The third-order valence-corrected chi connectivity index (χ3v) is 6.30. The maximum Gasteiger partial charge on any atom is 0.334 e. The van der Waals surface area contributed by atoms with Gasteiger partial charge in [-0.15, -0.1) is 0 Å². The van der Waals surface area contributed by atoms with Gasteiger partial charge < -0.3 is 37.9 Å². The highest BCUT2D eigenvalue weighted by molar-refractivity contribution is 6.03. The molecule has 2 aromatic carbocycles. The predicted molar refractivity (Wildman–Crippen MR) is 149 cm³/mol. The van der Waals surface area contributed by atoms with Crippen molar-refractivity contribution in [3.63, 3.8) is 0 Å². The van der Waals surface area contributed by atoms with Crippen molar-refractivity contribution in [1.29, 1.82) is 0 Å². The first kappa shape index (κ1) is 33.1. The summed E-state index contributed by atoms with van der Waals surface area (Å²) in [5.41, 5.74) is 0.0575. The zero-order chi connectivity index (χ0) is 32.9. The average molecular weight is 615 g/mol. The number of esters is 6. The minimum absolute atomic E-state index is 0.0150. The first-order valence-corrected chi connectivity index (χ1v) is 12.9. The summed E-state index contributed by atoms with van der Waals surface area (Å²) in [6.45, 7) is 4.47. The lowest BCUT2D eigenvalue weighted by Crippen LogP contribution is -2.33. The van der Waals surface area contributed by atoms with Crippen molar-refractivity contribution >= 4 is 41.9 Å². The maximum atomic E-state index is 13.5. The molecular weight excluding hydrogens is 584 g/mol. The molecule has 14 heteroatoms. The molecule has 234 valence electrons. The van der Waals surface area contributed by atoms with Crippen LogP contribution in [0.4, 0.5) is 0 Å². The largest absolute Gasteiger partial charge is 0.496 e. The van der Waals surface area contributed by atoms with E-state index in [0.29, 0.717) is 0 Å². The van der Waals surface area contributed by atoms with Gasteiger partial charge in [-0.25, -0.2) is 4.79 Å². The lowest BCUT2D eigenvalue weighted by Gasteiger charge is -2.35. The number of hydrogen-bond acceptors (Lipinski definition) is 14. The van der Waals surface area contributed by atoms with Gasteiger partial charge in [0.15, 0.2) is 23.0 Å². The molecule has 0 unspecified atom stereocenters. The van der Waals surface area contributed by atoms with Crippen LogP contribution in [0.15, 0.2) is 23.8 Å². The molecular formula is C30H30O14. The Morgan fingerprint density at radius 1 is 0.591 bits per heavy atom. The van der Waals surface area contributed by atoms with Gasteiger partial charge in [-0.2, -0.15) is 0 Å². The highest BCUT2D eigenvalue weighted by Crippen LogP contribution is 2.55. The van der Waals surface area contributed by atoms with Crippen LogP contribution in [0.5, 0.6) is 34.5 Å². The third kappa shape index (κ3) is 6.80. The highest BCUT2D eigenvalue weighted by Gasteiger charge is 2.47.